The van der Waals surface area contributed by atoms with E-state index in [9.17, 15) is 0 Å². The van der Waals surface area contributed by atoms with Gasteiger partial charge in [-0.1, -0.05) is 26.7 Å². The molecular weight excluding hydrogens is 185 g/mol. The van der Waals surface area contributed by atoms with E-state index in [2.05, 4.69) is 20.8 Å². The zero-order valence-electron chi connectivity index (χ0n) is 6.43. The minimum atomic E-state index is 0. The molecule has 9 heavy (non-hydrogen) atoms. The molecule has 0 spiro atoms. The SMILES string of the molecule is [CH2-]C1CC(C)C(C)C1.[Y]. The van der Waals surface area contributed by atoms with E-state index >= 15 is 0 Å². The summed E-state index contributed by atoms with van der Waals surface area (Å²) in [7, 11) is 0. The van der Waals surface area contributed by atoms with Crippen molar-refractivity contribution in [2.24, 2.45) is 17.8 Å². The van der Waals surface area contributed by atoms with E-state index in [0.717, 1.165) is 17.8 Å². The molecule has 0 N–H and O–H groups in total. The molecule has 1 aliphatic carbocycles. The van der Waals surface area contributed by atoms with Crippen LogP contribution in [0.5, 0.6) is 0 Å². The van der Waals surface area contributed by atoms with E-state index in [4.69, 9.17) is 0 Å². The average Bonchev–Trinajstić information content (AvgIpc) is 1.85. The Balaban J connectivity index is 0.000000640. The maximum atomic E-state index is 4.04. The molecule has 1 fully saturated rings. The smallest absolute Gasteiger partial charge is 0 e. The van der Waals surface area contributed by atoms with Crippen LogP contribution in [0.4, 0.5) is 0 Å². The van der Waals surface area contributed by atoms with Crippen LogP contribution >= 0.6 is 0 Å². The summed E-state index contributed by atoms with van der Waals surface area (Å²) in [5.74, 6) is 2.61. The van der Waals surface area contributed by atoms with Gasteiger partial charge in [0.05, 0.1) is 0 Å². The van der Waals surface area contributed by atoms with Gasteiger partial charge in [-0.3, -0.25) is 0 Å². The summed E-state index contributed by atoms with van der Waals surface area (Å²) in [4.78, 5) is 0. The maximum absolute atomic E-state index is 4.04. The molecule has 1 saturated carbocycles. The molecule has 0 aliphatic heterocycles. The Morgan fingerprint density at radius 1 is 1.11 bits per heavy atom. The average molecular weight is 200 g/mol. The predicted octanol–water partition coefficient (Wildman–Crippen LogP) is 2.50. The predicted molar refractivity (Wildman–Crippen MR) is 36.4 cm³/mol. The molecule has 1 rings (SSSR count). The van der Waals surface area contributed by atoms with Crippen molar-refractivity contribution in [1.29, 1.82) is 0 Å². The molecular formula is C8H15Y-. The van der Waals surface area contributed by atoms with Crippen molar-refractivity contribution < 1.29 is 32.7 Å². The van der Waals surface area contributed by atoms with Crippen LogP contribution in [-0.4, -0.2) is 0 Å². The van der Waals surface area contributed by atoms with Crippen molar-refractivity contribution >= 4 is 0 Å². The molecule has 2 atom stereocenters. The monoisotopic (exact) mass is 200 g/mol. The molecule has 0 aromatic heterocycles. The fraction of sp³-hybridized carbons (Fsp3) is 0.875. The van der Waals surface area contributed by atoms with Crippen LogP contribution in [0.3, 0.4) is 0 Å². The standard InChI is InChI=1S/C8H15.Y/c1-6-4-7(2)8(3)5-6;/h6-8H,1,4-5H2,2-3H3;/q-1;. The largest absolute Gasteiger partial charge is 0.340 e. The van der Waals surface area contributed by atoms with Crippen LogP contribution < -0.4 is 0 Å². The molecule has 0 saturated heterocycles. The summed E-state index contributed by atoms with van der Waals surface area (Å²) in [6.45, 7) is 8.70. The van der Waals surface area contributed by atoms with E-state index in [1.54, 1.807) is 0 Å². The topological polar surface area (TPSA) is 0 Å². The number of hydrogen-bond donors (Lipinski definition) is 0. The minimum absolute atomic E-state index is 0. The van der Waals surface area contributed by atoms with Crippen LogP contribution in [0, 0.1) is 24.7 Å². The van der Waals surface area contributed by atoms with Crippen LogP contribution in [0.15, 0.2) is 0 Å². The quantitative estimate of drug-likeness (QED) is 0.527. The fourth-order valence-electron chi connectivity index (χ4n) is 1.61. The Morgan fingerprint density at radius 3 is 1.56 bits per heavy atom. The molecule has 1 heteroatoms. The first-order valence-corrected chi connectivity index (χ1v) is 3.53. The molecule has 0 aromatic rings. The van der Waals surface area contributed by atoms with Crippen molar-refractivity contribution in [3.05, 3.63) is 6.92 Å². The normalized spacial score (nSPS) is 42.3. The third-order valence-electron chi connectivity index (χ3n) is 2.38. The van der Waals surface area contributed by atoms with E-state index in [1.807, 2.05) is 0 Å². The Hall–Kier alpha value is 1.10. The zero-order valence-corrected chi connectivity index (χ0v) is 9.27. The van der Waals surface area contributed by atoms with E-state index in [1.165, 1.54) is 12.8 Å². The van der Waals surface area contributed by atoms with Gasteiger partial charge in [0, 0.05) is 32.7 Å². The van der Waals surface area contributed by atoms with Gasteiger partial charge in [0.25, 0.3) is 0 Å². The first-order valence-electron chi connectivity index (χ1n) is 3.53. The van der Waals surface area contributed by atoms with E-state index < -0.39 is 0 Å². The van der Waals surface area contributed by atoms with E-state index in [0.29, 0.717) is 0 Å². The summed E-state index contributed by atoms with van der Waals surface area (Å²) in [5, 5.41) is 0. The maximum Gasteiger partial charge on any atom is 0 e. The van der Waals surface area contributed by atoms with Gasteiger partial charge in [-0.2, -0.15) is 5.92 Å². The second-order valence-corrected chi connectivity index (χ2v) is 3.29. The van der Waals surface area contributed by atoms with E-state index in [-0.39, 0.29) is 32.7 Å². The summed E-state index contributed by atoms with van der Waals surface area (Å²) < 4.78 is 0. The molecule has 0 nitrogen and oxygen atoms in total. The third kappa shape index (κ3) is 2.68. The summed E-state index contributed by atoms with van der Waals surface area (Å²) in [6.07, 6.45) is 2.70. The molecule has 1 aliphatic rings. The van der Waals surface area contributed by atoms with Crippen molar-refractivity contribution in [2.75, 3.05) is 0 Å². The summed E-state index contributed by atoms with van der Waals surface area (Å²) in [5.41, 5.74) is 0. The van der Waals surface area contributed by atoms with Gasteiger partial charge in [-0.05, 0) is 11.8 Å². The van der Waals surface area contributed by atoms with Gasteiger partial charge in [0.2, 0.25) is 0 Å². The van der Waals surface area contributed by atoms with Gasteiger partial charge in [0.15, 0.2) is 0 Å². The van der Waals surface area contributed by atoms with Crippen molar-refractivity contribution in [2.45, 2.75) is 26.7 Å². The summed E-state index contributed by atoms with van der Waals surface area (Å²) >= 11 is 0. The molecule has 0 heterocycles. The molecule has 1 radical (unpaired) electrons. The molecule has 2 unspecified atom stereocenters. The minimum Gasteiger partial charge on any atom is -0.340 e. The fourth-order valence-corrected chi connectivity index (χ4v) is 1.61. The first-order chi connectivity index (χ1) is 3.70. The van der Waals surface area contributed by atoms with Gasteiger partial charge in [0.1, 0.15) is 0 Å². The Morgan fingerprint density at radius 2 is 1.44 bits per heavy atom. The number of hydrogen-bond acceptors (Lipinski definition) is 0. The van der Waals surface area contributed by atoms with Gasteiger partial charge in [-0.25, -0.2) is 0 Å². The molecule has 0 aromatic carbocycles. The molecule has 0 amide bonds. The Labute approximate surface area is 83.7 Å². The van der Waals surface area contributed by atoms with Crippen LogP contribution in [0.25, 0.3) is 0 Å². The van der Waals surface area contributed by atoms with Crippen LogP contribution in [-0.2, 0) is 32.7 Å². The number of rotatable bonds is 0. The van der Waals surface area contributed by atoms with Gasteiger partial charge >= 0.3 is 0 Å². The summed E-state index contributed by atoms with van der Waals surface area (Å²) in [6, 6.07) is 0. The molecule has 51 valence electrons. The second-order valence-electron chi connectivity index (χ2n) is 3.29. The van der Waals surface area contributed by atoms with Crippen molar-refractivity contribution in [3.63, 3.8) is 0 Å². The first kappa shape index (κ1) is 10.1. The Kier molecular flexibility index (Phi) is 4.58. The zero-order chi connectivity index (χ0) is 6.15. The Bertz CT molecular complexity index is 70.6. The molecule has 0 bridgehead atoms. The van der Waals surface area contributed by atoms with Gasteiger partial charge in [-0.15, -0.1) is 0 Å². The van der Waals surface area contributed by atoms with Gasteiger partial charge < -0.3 is 6.92 Å². The second kappa shape index (κ2) is 4.08. The van der Waals surface area contributed by atoms with Crippen LogP contribution in [0.1, 0.15) is 26.7 Å². The third-order valence-corrected chi connectivity index (χ3v) is 2.38. The van der Waals surface area contributed by atoms with Crippen molar-refractivity contribution in [1.82, 2.24) is 0 Å². The van der Waals surface area contributed by atoms with Crippen LogP contribution in [0.2, 0.25) is 0 Å². The van der Waals surface area contributed by atoms with Crippen molar-refractivity contribution in [3.8, 4) is 0 Å².